The van der Waals surface area contributed by atoms with E-state index in [4.69, 9.17) is 11.6 Å². The molecular weight excluding hydrogens is 360 g/mol. The highest BCUT2D eigenvalue weighted by molar-refractivity contribution is 6.32. The summed E-state index contributed by atoms with van der Waals surface area (Å²) in [4.78, 5) is 18.9. The lowest BCUT2D eigenvalue weighted by molar-refractivity contribution is -0.113. The van der Waals surface area contributed by atoms with E-state index in [2.05, 4.69) is 21.3 Å². The van der Waals surface area contributed by atoms with Gasteiger partial charge in [-0.25, -0.2) is 4.98 Å². The van der Waals surface area contributed by atoms with E-state index >= 15 is 0 Å². The Morgan fingerprint density at radius 1 is 1.30 bits per heavy atom. The molecule has 1 aromatic carbocycles. The molecular formula is C21H21ClN4O. The fraction of sp³-hybridized carbons (Fsp3) is 0.286. The van der Waals surface area contributed by atoms with Crippen LogP contribution in [0.5, 0.6) is 0 Å². The van der Waals surface area contributed by atoms with Gasteiger partial charge in [0.15, 0.2) is 0 Å². The highest BCUT2D eigenvalue weighted by atomic mass is 35.5. The number of amides is 1. The molecule has 0 fully saturated rings. The fourth-order valence-electron chi connectivity index (χ4n) is 2.92. The van der Waals surface area contributed by atoms with Crippen LogP contribution in [0.3, 0.4) is 0 Å². The summed E-state index contributed by atoms with van der Waals surface area (Å²) in [5.41, 5.74) is 1.83. The smallest absolute Gasteiger partial charge is 0.251 e. The minimum absolute atomic E-state index is 0.103. The van der Waals surface area contributed by atoms with Gasteiger partial charge in [-0.05, 0) is 50.1 Å². The first-order valence-electron chi connectivity index (χ1n) is 8.78. The van der Waals surface area contributed by atoms with Gasteiger partial charge < -0.3 is 10.2 Å². The lowest BCUT2D eigenvalue weighted by atomic mass is 9.86. The highest BCUT2D eigenvalue weighted by Gasteiger charge is 2.21. The van der Waals surface area contributed by atoms with Crippen LogP contribution in [0.15, 0.2) is 54.2 Å². The van der Waals surface area contributed by atoms with Crippen molar-refractivity contribution in [3.8, 4) is 6.07 Å². The van der Waals surface area contributed by atoms with Gasteiger partial charge in [0.2, 0.25) is 0 Å². The Kier molecular flexibility index (Phi) is 5.48. The van der Waals surface area contributed by atoms with E-state index < -0.39 is 5.41 Å². The highest BCUT2D eigenvalue weighted by Crippen LogP contribution is 2.26. The maximum Gasteiger partial charge on any atom is 0.251 e. The number of benzene rings is 1. The molecule has 0 spiro atoms. The predicted molar refractivity (Wildman–Crippen MR) is 108 cm³/mol. The third kappa shape index (κ3) is 4.29. The number of pyridine rings is 1. The minimum Gasteiger partial charge on any atom is -0.351 e. The summed E-state index contributed by atoms with van der Waals surface area (Å²) in [7, 11) is 0. The molecule has 0 saturated carbocycles. The Labute approximate surface area is 164 Å². The molecule has 5 nitrogen and oxygen atoms in total. The van der Waals surface area contributed by atoms with Crippen molar-refractivity contribution in [2.24, 2.45) is 0 Å². The molecule has 3 rings (SSSR count). The average molecular weight is 381 g/mol. The second-order valence-corrected chi connectivity index (χ2v) is 7.41. The molecule has 0 unspecified atom stereocenters. The molecule has 0 aliphatic carbocycles. The Hall–Kier alpha value is -2.84. The maximum atomic E-state index is 12.5. The van der Waals surface area contributed by atoms with Crippen LogP contribution in [0, 0.1) is 11.3 Å². The lowest BCUT2D eigenvalue weighted by Gasteiger charge is -2.27. The number of hydrogen-bond acceptors (Lipinski definition) is 4. The summed E-state index contributed by atoms with van der Waals surface area (Å²) < 4.78 is 0. The molecule has 1 aromatic heterocycles. The van der Waals surface area contributed by atoms with Crippen LogP contribution in [0.2, 0.25) is 5.02 Å². The predicted octanol–water partition coefficient (Wildman–Crippen LogP) is 4.31. The second-order valence-electron chi connectivity index (χ2n) is 7.00. The van der Waals surface area contributed by atoms with Gasteiger partial charge in [-0.1, -0.05) is 29.8 Å². The number of nitriles is 1. The third-order valence-electron chi connectivity index (χ3n) is 4.68. The van der Waals surface area contributed by atoms with E-state index in [-0.39, 0.29) is 5.91 Å². The molecule has 0 saturated heterocycles. The SMILES string of the molecule is CC(C)(C#N)c1ccc(NC(=O)C2=CCN(c3ncccc3Cl)CC2)cc1. The molecule has 1 N–H and O–H groups in total. The number of hydrogen-bond donors (Lipinski definition) is 1. The first-order chi connectivity index (χ1) is 12.9. The normalized spacial score (nSPS) is 14.3. The molecule has 1 amide bonds. The Bertz CT molecular complexity index is 913. The summed E-state index contributed by atoms with van der Waals surface area (Å²) in [6.07, 6.45) is 4.25. The van der Waals surface area contributed by atoms with Gasteiger partial charge in [0, 0.05) is 30.5 Å². The van der Waals surface area contributed by atoms with Gasteiger partial charge >= 0.3 is 0 Å². The number of nitrogens with one attached hydrogen (secondary N) is 1. The number of halogens is 1. The summed E-state index contributed by atoms with van der Waals surface area (Å²) in [5.74, 6) is 0.639. The van der Waals surface area contributed by atoms with Gasteiger partial charge in [0.1, 0.15) is 5.82 Å². The van der Waals surface area contributed by atoms with Crippen LogP contribution in [0.1, 0.15) is 25.8 Å². The molecule has 1 aliphatic heterocycles. The lowest BCUT2D eigenvalue weighted by Crippen LogP contribution is -2.32. The first kappa shape index (κ1) is 18.9. The largest absolute Gasteiger partial charge is 0.351 e. The van der Waals surface area contributed by atoms with Gasteiger partial charge in [0.25, 0.3) is 5.91 Å². The van der Waals surface area contributed by atoms with E-state index in [0.717, 1.165) is 17.0 Å². The molecule has 1 aliphatic rings. The van der Waals surface area contributed by atoms with Crippen molar-refractivity contribution >= 4 is 29.0 Å². The molecule has 27 heavy (non-hydrogen) atoms. The number of aromatic nitrogens is 1. The Morgan fingerprint density at radius 3 is 2.63 bits per heavy atom. The zero-order valence-electron chi connectivity index (χ0n) is 15.4. The van der Waals surface area contributed by atoms with Crippen LogP contribution in [0.25, 0.3) is 0 Å². The van der Waals surface area contributed by atoms with Crippen molar-refractivity contribution in [3.05, 3.63) is 64.8 Å². The minimum atomic E-state index is -0.551. The molecule has 2 heterocycles. The summed E-state index contributed by atoms with van der Waals surface area (Å²) in [6, 6.07) is 13.3. The van der Waals surface area contributed by atoms with Gasteiger partial charge in [-0.15, -0.1) is 0 Å². The molecule has 138 valence electrons. The van der Waals surface area contributed by atoms with E-state index in [1.54, 1.807) is 12.3 Å². The molecule has 2 aromatic rings. The molecule has 0 bridgehead atoms. The zero-order chi connectivity index (χ0) is 19.4. The topological polar surface area (TPSA) is 69.0 Å². The quantitative estimate of drug-likeness (QED) is 0.857. The zero-order valence-corrected chi connectivity index (χ0v) is 16.1. The van der Waals surface area contributed by atoms with E-state index in [9.17, 15) is 10.1 Å². The fourth-order valence-corrected chi connectivity index (χ4v) is 3.17. The van der Waals surface area contributed by atoms with Crippen LogP contribution in [0.4, 0.5) is 11.5 Å². The second kappa shape index (κ2) is 7.81. The van der Waals surface area contributed by atoms with E-state index in [0.29, 0.717) is 30.2 Å². The number of carbonyl (C=O) groups excluding carboxylic acids is 1. The van der Waals surface area contributed by atoms with Crippen molar-refractivity contribution in [1.82, 2.24) is 4.98 Å². The maximum absolute atomic E-state index is 12.5. The Balaban J connectivity index is 1.64. The summed E-state index contributed by atoms with van der Waals surface area (Å²) in [5, 5.41) is 12.7. The van der Waals surface area contributed by atoms with E-state index in [1.807, 2.05) is 50.3 Å². The first-order valence-corrected chi connectivity index (χ1v) is 9.16. The Morgan fingerprint density at radius 2 is 2.04 bits per heavy atom. The number of anilines is 2. The van der Waals surface area contributed by atoms with Crippen molar-refractivity contribution in [2.45, 2.75) is 25.7 Å². The number of nitrogens with zero attached hydrogens (tertiary/aromatic N) is 3. The van der Waals surface area contributed by atoms with Gasteiger partial charge in [0.05, 0.1) is 16.5 Å². The van der Waals surface area contributed by atoms with Gasteiger partial charge in [-0.2, -0.15) is 5.26 Å². The summed E-state index contributed by atoms with van der Waals surface area (Å²) >= 11 is 6.19. The van der Waals surface area contributed by atoms with Crippen molar-refractivity contribution < 1.29 is 4.79 Å². The van der Waals surface area contributed by atoms with E-state index in [1.165, 1.54) is 0 Å². The van der Waals surface area contributed by atoms with Gasteiger partial charge in [-0.3, -0.25) is 4.79 Å². The van der Waals surface area contributed by atoms with Crippen molar-refractivity contribution in [3.63, 3.8) is 0 Å². The van der Waals surface area contributed by atoms with Crippen molar-refractivity contribution in [2.75, 3.05) is 23.3 Å². The molecule has 6 heteroatoms. The van der Waals surface area contributed by atoms with Crippen LogP contribution in [-0.4, -0.2) is 24.0 Å². The van der Waals surface area contributed by atoms with Crippen LogP contribution >= 0.6 is 11.6 Å². The monoisotopic (exact) mass is 380 g/mol. The van der Waals surface area contributed by atoms with Crippen molar-refractivity contribution in [1.29, 1.82) is 5.26 Å². The molecule has 0 radical (unpaired) electrons. The van der Waals surface area contributed by atoms with Crippen LogP contribution < -0.4 is 10.2 Å². The summed E-state index contributed by atoms with van der Waals surface area (Å²) in [6.45, 7) is 5.01. The van der Waals surface area contributed by atoms with Crippen LogP contribution in [-0.2, 0) is 10.2 Å². The number of carbonyl (C=O) groups is 1. The molecule has 0 atom stereocenters. The standard InChI is InChI=1S/C21H21ClN4O/c1-21(2,14-23)16-5-7-17(8-6-16)25-20(27)15-9-12-26(13-10-15)19-18(22)4-3-11-24-19/h3-9,11H,10,12-13H2,1-2H3,(H,25,27). The number of rotatable bonds is 4. The third-order valence-corrected chi connectivity index (χ3v) is 4.98. The average Bonchev–Trinajstić information content (AvgIpc) is 2.69.